The van der Waals surface area contributed by atoms with Crippen LogP contribution in [0.1, 0.15) is 48.6 Å². The van der Waals surface area contributed by atoms with Crippen molar-refractivity contribution in [3.63, 3.8) is 0 Å². The van der Waals surface area contributed by atoms with Crippen LogP contribution < -0.4 is 10.0 Å². The highest BCUT2D eigenvalue weighted by atomic mass is 32.2. The molecule has 170 valence electrons. The van der Waals surface area contributed by atoms with E-state index in [-0.39, 0.29) is 21.5 Å². The monoisotopic (exact) mass is 476 g/mol. The van der Waals surface area contributed by atoms with Crippen molar-refractivity contribution in [3.8, 4) is 0 Å². The van der Waals surface area contributed by atoms with Gasteiger partial charge in [0.15, 0.2) is 0 Å². The second-order valence-electron chi connectivity index (χ2n) is 8.33. The molecule has 3 aromatic rings. The first kappa shape index (κ1) is 24.0. The molecule has 1 aromatic heterocycles. The van der Waals surface area contributed by atoms with Crippen molar-refractivity contribution in [2.45, 2.75) is 50.5 Å². The van der Waals surface area contributed by atoms with Gasteiger partial charge in [0.05, 0.1) is 10.5 Å². The van der Waals surface area contributed by atoms with Gasteiger partial charge in [-0.15, -0.1) is 10.2 Å². The number of anilines is 1. The van der Waals surface area contributed by atoms with Crippen LogP contribution in [0.5, 0.6) is 0 Å². The second kappa shape index (κ2) is 9.43. The average Bonchev–Trinajstić information content (AvgIpc) is 3.17. The Bertz CT molecular complexity index is 1210. The zero-order chi connectivity index (χ0) is 23.5. The zero-order valence-electron chi connectivity index (χ0n) is 18.2. The van der Waals surface area contributed by atoms with E-state index in [9.17, 15) is 17.6 Å². The van der Waals surface area contributed by atoms with Crippen molar-refractivity contribution >= 4 is 32.4 Å². The standard InChI is InChI=1S/C22H25FN4O3S2/c1-14(2)27-32(29,30)16-10-11-18(23)17(12-16)19(28)24-21-26-25-20(31-21)22(3,4)13-15-8-6-5-7-9-15/h5-12,14,27H,13H2,1-4H3,(H,24,26,28). The molecule has 0 saturated heterocycles. The maximum Gasteiger partial charge on any atom is 0.260 e. The van der Waals surface area contributed by atoms with Crippen molar-refractivity contribution in [3.05, 3.63) is 70.5 Å². The number of aromatic nitrogens is 2. The smallest absolute Gasteiger partial charge is 0.260 e. The maximum atomic E-state index is 14.3. The van der Waals surface area contributed by atoms with Crippen LogP contribution in [0.2, 0.25) is 0 Å². The van der Waals surface area contributed by atoms with E-state index in [0.29, 0.717) is 0 Å². The van der Waals surface area contributed by atoms with Gasteiger partial charge >= 0.3 is 0 Å². The first-order valence-electron chi connectivity index (χ1n) is 9.99. The van der Waals surface area contributed by atoms with Gasteiger partial charge in [-0.1, -0.05) is 55.5 Å². The lowest BCUT2D eigenvalue weighted by atomic mass is 9.86. The van der Waals surface area contributed by atoms with Crippen LogP contribution in [-0.2, 0) is 21.9 Å². The molecule has 32 heavy (non-hydrogen) atoms. The number of hydrogen-bond acceptors (Lipinski definition) is 6. The average molecular weight is 477 g/mol. The summed E-state index contributed by atoms with van der Waals surface area (Å²) in [5.74, 6) is -1.63. The van der Waals surface area contributed by atoms with Crippen molar-refractivity contribution < 1.29 is 17.6 Å². The molecular weight excluding hydrogens is 451 g/mol. The van der Waals surface area contributed by atoms with Crippen LogP contribution in [-0.4, -0.2) is 30.6 Å². The summed E-state index contributed by atoms with van der Waals surface area (Å²) in [6.45, 7) is 7.39. The lowest BCUT2D eigenvalue weighted by Crippen LogP contribution is -2.30. The molecule has 2 aromatic carbocycles. The summed E-state index contributed by atoms with van der Waals surface area (Å²) in [6.07, 6.45) is 0.730. The minimum Gasteiger partial charge on any atom is -0.296 e. The molecule has 0 spiro atoms. The van der Waals surface area contributed by atoms with Crippen LogP contribution >= 0.6 is 11.3 Å². The molecule has 3 rings (SSSR count). The minimum atomic E-state index is -3.87. The first-order chi connectivity index (χ1) is 15.0. The molecule has 1 heterocycles. The Morgan fingerprint density at radius 1 is 1.12 bits per heavy atom. The third-order valence-electron chi connectivity index (χ3n) is 4.60. The van der Waals surface area contributed by atoms with E-state index < -0.39 is 27.3 Å². The maximum absolute atomic E-state index is 14.3. The number of nitrogens with zero attached hydrogens (tertiary/aromatic N) is 2. The molecule has 0 atom stereocenters. The Kier molecular flexibility index (Phi) is 7.06. The third-order valence-corrected chi connectivity index (χ3v) is 7.46. The molecule has 0 saturated carbocycles. The number of benzene rings is 2. The fourth-order valence-corrected chi connectivity index (χ4v) is 5.23. The molecular formula is C22H25FN4O3S2. The van der Waals surface area contributed by atoms with E-state index in [1.165, 1.54) is 11.3 Å². The third kappa shape index (κ3) is 5.76. The molecule has 0 aliphatic heterocycles. The number of sulfonamides is 1. The summed E-state index contributed by atoms with van der Waals surface area (Å²) in [5.41, 5.74) is 0.425. The van der Waals surface area contributed by atoms with Gasteiger partial charge in [-0.3, -0.25) is 10.1 Å². The van der Waals surface area contributed by atoms with E-state index in [2.05, 4.69) is 20.2 Å². The normalized spacial score (nSPS) is 12.2. The fourth-order valence-electron chi connectivity index (χ4n) is 3.12. The molecule has 7 nitrogen and oxygen atoms in total. The molecule has 0 radical (unpaired) electrons. The Balaban J connectivity index is 1.78. The van der Waals surface area contributed by atoms with Crippen molar-refractivity contribution in [2.24, 2.45) is 0 Å². The second-order valence-corrected chi connectivity index (χ2v) is 11.0. The zero-order valence-corrected chi connectivity index (χ0v) is 19.8. The number of carbonyl (C=O) groups excluding carboxylic acids is 1. The van der Waals surface area contributed by atoms with Crippen molar-refractivity contribution in [1.29, 1.82) is 0 Å². The Morgan fingerprint density at radius 3 is 2.47 bits per heavy atom. The van der Waals surface area contributed by atoms with Crippen LogP contribution in [0.25, 0.3) is 0 Å². The molecule has 0 aliphatic carbocycles. The molecule has 0 fully saturated rings. The molecule has 0 bridgehead atoms. The largest absolute Gasteiger partial charge is 0.296 e. The molecule has 0 unspecified atom stereocenters. The SMILES string of the molecule is CC(C)NS(=O)(=O)c1ccc(F)c(C(=O)Nc2nnc(C(C)(C)Cc3ccccc3)s2)c1. The molecule has 1 amide bonds. The molecule has 2 N–H and O–H groups in total. The quantitative estimate of drug-likeness (QED) is 0.509. The van der Waals surface area contributed by atoms with E-state index >= 15 is 0 Å². The number of halogens is 1. The lowest BCUT2D eigenvalue weighted by Gasteiger charge is -2.21. The summed E-state index contributed by atoms with van der Waals surface area (Å²) in [7, 11) is -3.87. The van der Waals surface area contributed by atoms with Crippen molar-refractivity contribution in [2.75, 3.05) is 5.32 Å². The Hall–Kier alpha value is -2.69. The van der Waals surface area contributed by atoms with Gasteiger partial charge in [0.2, 0.25) is 15.2 Å². The van der Waals surface area contributed by atoms with Gasteiger partial charge in [0.25, 0.3) is 5.91 Å². The van der Waals surface area contributed by atoms with Crippen molar-refractivity contribution in [1.82, 2.24) is 14.9 Å². The number of amides is 1. The van der Waals surface area contributed by atoms with Gasteiger partial charge in [-0.05, 0) is 44.0 Å². The predicted molar refractivity (Wildman–Crippen MR) is 123 cm³/mol. The van der Waals surface area contributed by atoms with Gasteiger partial charge in [0.1, 0.15) is 10.8 Å². The fraction of sp³-hybridized carbons (Fsp3) is 0.318. The predicted octanol–water partition coefficient (Wildman–Crippen LogP) is 4.14. The topological polar surface area (TPSA) is 101 Å². The summed E-state index contributed by atoms with van der Waals surface area (Å²) < 4.78 is 41.4. The van der Waals surface area contributed by atoms with Crippen LogP contribution in [0.15, 0.2) is 53.4 Å². The molecule has 10 heteroatoms. The number of carbonyl (C=O) groups is 1. The van der Waals surface area contributed by atoms with Crippen LogP contribution in [0.3, 0.4) is 0 Å². The van der Waals surface area contributed by atoms with E-state index in [1.54, 1.807) is 13.8 Å². The first-order valence-corrected chi connectivity index (χ1v) is 12.3. The highest BCUT2D eigenvalue weighted by molar-refractivity contribution is 7.89. The van der Waals surface area contributed by atoms with Gasteiger partial charge in [-0.25, -0.2) is 17.5 Å². The summed E-state index contributed by atoms with van der Waals surface area (Å²) >= 11 is 1.20. The highest BCUT2D eigenvalue weighted by Crippen LogP contribution is 2.32. The van der Waals surface area contributed by atoms with Crippen LogP contribution in [0, 0.1) is 5.82 Å². The lowest BCUT2D eigenvalue weighted by molar-refractivity contribution is 0.102. The van der Waals surface area contributed by atoms with Gasteiger partial charge in [0, 0.05) is 11.5 Å². The highest BCUT2D eigenvalue weighted by Gasteiger charge is 2.27. The molecule has 0 aliphatic rings. The van der Waals surface area contributed by atoms with E-state index in [4.69, 9.17) is 0 Å². The summed E-state index contributed by atoms with van der Waals surface area (Å²) in [5, 5.41) is 11.7. The number of nitrogens with one attached hydrogen (secondary N) is 2. The van der Waals surface area contributed by atoms with Crippen LogP contribution in [0.4, 0.5) is 9.52 Å². The van der Waals surface area contributed by atoms with E-state index in [0.717, 1.165) is 35.2 Å². The minimum absolute atomic E-state index is 0.195. The number of hydrogen-bond donors (Lipinski definition) is 2. The summed E-state index contributed by atoms with van der Waals surface area (Å²) in [6, 6.07) is 12.7. The summed E-state index contributed by atoms with van der Waals surface area (Å²) in [4.78, 5) is 12.5. The van der Waals surface area contributed by atoms with Gasteiger partial charge in [-0.2, -0.15) is 0 Å². The number of rotatable bonds is 8. The Morgan fingerprint density at radius 2 is 1.81 bits per heavy atom. The Labute approximate surface area is 191 Å². The van der Waals surface area contributed by atoms with Gasteiger partial charge < -0.3 is 0 Å². The van der Waals surface area contributed by atoms with E-state index in [1.807, 2.05) is 44.2 Å².